The number of aryl methyl sites for hydroxylation is 1. The lowest BCUT2D eigenvalue weighted by Crippen LogP contribution is -2.44. The molecule has 2 fully saturated rings. The molecule has 0 radical (unpaired) electrons. The SMILES string of the molecule is Cc1nnc2n1CCN(C(=O)c1ccc(-c3ccc(OCC4CCN(CC5(C)CCC5)CC4)nc3)cc1)C2. The number of pyridine rings is 1. The fourth-order valence-corrected chi connectivity index (χ4v) is 6.09. The lowest BCUT2D eigenvalue weighted by Gasteiger charge is -2.44. The van der Waals surface area contributed by atoms with Crippen molar-refractivity contribution in [1.82, 2.24) is 29.5 Å². The van der Waals surface area contributed by atoms with Crippen LogP contribution in [0.2, 0.25) is 0 Å². The molecular formula is C30H38N6O2. The number of hydrogen-bond acceptors (Lipinski definition) is 6. The van der Waals surface area contributed by atoms with Crippen molar-refractivity contribution in [3.8, 4) is 17.0 Å². The summed E-state index contributed by atoms with van der Waals surface area (Å²) in [6.45, 7) is 10.7. The first-order valence-electron chi connectivity index (χ1n) is 14.1. The van der Waals surface area contributed by atoms with E-state index < -0.39 is 0 Å². The molecule has 0 bridgehead atoms. The van der Waals surface area contributed by atoms with E-state index in [-0.39, 0.29) is 5.91 Å². The monoisotopic (exact) mass is 514 g/mol. The molecule has 0 unspecified atom stereocenters. The van der Waals surface area contributed by atoms with Crippen molar-refractivity contribution in [3.05, 3.63) is 59.8 Å². The molecule has 38 heavy (non-hydrogen) atoms. The zero-order chi connectivity index (χ0) is 26.1. The predicted molar refractivity (Wildman–Crippen MR) is 146 cm³/mol. The molecule has 2 aromatic heterocycles. The number of nitrogens with zero attached hydrogens (tertiary/aromatic N) is 6. The Morgan fingerprint density at radius 2 is 1.76 bits per heavy atom. The molecule has 200 valence electrons. The second-order valence-electron chi connectivity index (χ2n) is 11.7. The Kier molecular flexibility index (Phi) is 6.91. The highest BCUT2D eigenvalue weighted by Gasteiger charge is 2.34. The second kappa shape index (κ2) is 10.5. The number of ether oxygens (including phenoxy) is 1. The molecule has 2 aliphatic heterocycles. The summed E-state index contributed by atoms with van der Waals surface area (Å²) in [4.78, 5) is 22.1. The smallest absolute Gasteiger partial charge is 0.254 e. The van der Waals surface area contributed by atoms with Crippen LogP contribution in [0.15, 0.2) is 42.6 Å². The topological polar surface area (TPSA) is 76.4 Å². The van der Waals surface area contributed by atoms with Gasteiger partial charge in [-0.05, 0) is 80.8 Å². The fraction of sp³-hybridized carbons (Fsp3) is 0.533. The van der Waals surface area contributed by atoms with Crippen molar-refractivity contribution in [1.29, 1.82) is 0 Å². The minimum atomic E-state index is 0.0217. The van der Waals surface area contributed by atoms with Gasteiger partial charge in [0.2, 0.25) is 5.88 Å². The molecule has 1 saturated carbocycles. The molecule has 3 aromatic rings. The molecule has 1 aromatic carbocycles. The van der Waals surface area contributed by atoms with Gasteiger partial charge >= 0.3 is 0 Å². The molecule has 8 heteroatoms. The molecule has 4 heterocycles. The highest BCUT2D eigenvalue weighted by Crippen LogP contribution is 2.41. The van der Waals surface area contributed by atoms with E-state index in [2.05, 4.69) is 31.6 Å². The van der Waals surface area contributed by atoms with Gasteiger partial charge in [0, 0.05) is 43.0 Å². The summed E-state index contributed by atoms with van der Waals surface area (Å²) in [7, 11) is 0. The van der Waals surface area contributed by atoms with E-state index in [9.17, 15) is 4.79 Å². The second-order valence-corrected chi connectivity index (χ2v) is 11.7. The molecule has 0 atom stereocenters. The van der Waals surface area contributed by atoms with Gasteiger partial charge in [-0.2, -0.15) is 0 Å². The standard InChI is InChI=1S/C30H38N6O2/c1-22-32-33-27-19-35(16-17-36(22)27)29(37)25-6-4-24(5-7-25)26-8-9-28(31-18-26)38-20-23-10-14-34(15-11-23)21-30(2)12-3-13-30/h4-9,18,23H,3,10-17,19-21H2,1-2H3. The first-order valence-corrected chi connectivity index (χ1v) is 14.1. The number of hydrogen-bond donors (Lipinski definition) is 0. The Balaban J connectivity index is 0.987. The van der Waals surface area contributed by atoms with Crippen LogP contribution >= 0.6 is 0 Å². The Bertz CT molecular complexity index is 1260. The van der Waals surface area contributed by atoms with Crippen molar-refractivity contribution >= 4 is 5.91 Å². The van der Waals surface area contributed by atoms with Crippen LogP contribution in [0, 0.1) is 18.3 Å². The number of carbonyl (C=O) groups excluding carboxylic acids is 1. The van der Waals surface area contributed by atoms with Crippen LogP contribution in [0.1, 0.15) is 61.0 Å². The maximum Gasteiger partial charge on any atom is 0.254 e. The van der Waals surface area contributed by atoms with Crippen LogP contribution in [-0.2, 0) is 13.1 Å². The van der Waals surface area contributed by atoms with Crippen molar-refractivity contribution in [3.63, 3.8) is 0 Å². The van der Waals surface area contributed by atoms with Gasteiger partial charge in [-0.15, -0.1) is 10.2 Å². The predicted octanol–water partition coefficient (Wildman–Crippen LogP) is 4.59. The number of likely N-dealkylation sites (tertiary alicyclic amines) is 1. The largest absolute Gasteiger partial charge is 0.477 e. The molecule has 0 N–H and O–H groups in total. The van der Waals surface area contributed by atoms with Crippen LogP contribution in [0.25, 0.3) is 11.1 Å². The van der Waals surface area contributed by atoms with E-state index in [1.165, 1.54) is 51.7 Å². The van der Waals surface area contributed by atoms with Crippen LogP contribution in [0.5, 0.6) is 5.88 Å². The van der Waals surface area contributed by atoms with E-state index in [1.807, 2.05) is 54.4 Å². The number of benzene rings is 1. The Hall–Kier alpha value is -3.26. The van der Waals surface area contributed by atoms with E-state index >= 15 is 0 Å². The summed E-state index contributed by atoms with van der Waals surface area (Å²) in [5.74, 6) is 3.05. The van der Waals surface area contributed by atoms with E-state index in [0.717, 1.165) is 35.9 Å². The van der Waals surface area contributed by atoms with Crippen LogP contribution in [0.3, 0.4) is 0 Å². The molecule has 3 aliphatic rings. The van der Waals surface area contributed by atoms with Gasteiger partial charge in [0.05, 0.1) is 13.2 Å². The molecule has 6 rings (SSSR count). The maximum atomic E-state index is 13.0. The quantitative estimate of drug-likeness (QED) is 0.459. The molecule has 1 amide bonds. The van der Waals surface area contributed by atoms with Crippen molar-refractivity contribution < 1.29 is 9.53 Å². The number of carbonyl (C=O) groups is 1. The summed E-state index contributed by atoms with van der Waals surface area (Å²) in [5.41, 5.74) is 3.29. The van der Waals surface area contributed by atoms with Gasteiger partial charge in [-0.25, -0.2) is 4.98 Å². The van der Waals surface area contributed by atoms with E-state index in [1.54, 1.807) is 0 Å². The van der Waals surface area contributed by atoms with Crippen LogP contribution < -0.4 is 4.74 Å². The van der Waals surface area contributed by atoms with Crippen LogP contribution in [0.4, 0.5) is 0 Å². The molecule has 1 aliphatic carbocycles. The van der Waals surface area contributed by atoms with Crippen LogP contribution in [-0.4, -0.2) is 68.2 Å². The fourth-order valence-electron chi connectivity index (χ4n) is 6.09. The Morgan fingerprint density at radius 1 is 1.00 bits per heavy atom. The average molecular weight is 515 g/mol. The number of piperidine rings is 1. The normalized spacial score (nSPS) is 19.6. The van der Waals surface area contributed by atoms with Gasteiger partial charge in [0.25, 0.3) is 5.91 Å². The summed E-state index contributed by atoms with van der Waals surface area (Å²) in [6, 6.07) is 11.8. The summed E-state index contributed by atoms with van der Waals surface area (Å²) >= 11 is 0. The van der Waals surface area contributed by atoms with Gasteiger partial charge in [-0.1, -0.05) is 25.5 Å². The summed E-state index contributed by atoms with van der Waals surface area (Å²) in [6.07, 6.45) is 8.46. The van der Waals surface area contributed by atoms with Gasteiger partial charge in [0.1, 0.15) is 5.82 Å². The van der Waals surface area contributed by atoms with Gasteiger partial charge in [0.15, 0.2) is 5.82 Å². The Morgan fingerprint density at radius 3 is 2.45 bits per heavy atom. The minimum Gasteiger partial charge on any atom is -0.477 e. The van der Waals surface area contributed by atoms with Crippen molar-refractivity contribution in [2.24, 2.45) is 11.3 Å². The number of rotatable bonds is 7. The van der Waals surface area contributed by atoms with Gasteiger partial charge in [-0.3, -0.25) is 4.79 Å². The zero-order valence-corrected chi connectivity index (χ0v) is 22.6. The highest BCUT2D eigenvalue weighted by molar-refractivity contribution is 5.94. The number of aromatic nitrogens is 4. The first kappa shape index (κ1) is 25.0. The van der Waals surface area contributed by atoms with Gasteiger partial charge < -0.3 is 19.1 Å². The number of fused-ring (bicyclic) bond motifs is 1. The third-order valence-electron chi connectivity index (χ3n) is 8.77. The number of amides is 1. The summed E-state index contributed by atoms with van der Waals surface area (Å²) in [5, 5.41) is 8.33. The molecule has 8 nitrogen and oxygen atoms in total. The van der Waals surface area contributed by atoms with E-state index in [0.29, 0.717) is 35.9 Å². The molecule has 0 spiro atoms. The first-order chi connectivity index (χ1) is 18.5. The third-order valence-corrected chi connectivity index (χ3v) is 8.77. The van der Waals surface area contributed by atoms with E-state index in [4.69, 9.17) is 4.74 Å². The highest BCUT2D eigenvalue weighted by atomic mass is 16.5. The minimum absolute atomic E-state index is 0.0217. The summed E-state index contributed by atoms with van der Waals surface area (Å²) < 4.78 is 8.13. The lowest BCUT2D eigenvalue weighted by molar-refractivity contribution is 0.0561. The third kappa shape index (κ3) is 5.32. The zero-order valence-electron chi connectivity index (χ0n) is 22.6. The Labute approximate surface area is 225 Å². The molecule has 1 saturated heterocycles. The van der Waals surface area contributed by atoms with Crippen molar-refractivity contribution in [2.45, 2.75) is 59.0 Å². The maximum absolute atomic E-state index is 13.0. The lowest BCUT2D eigenvalue weighted by atomic mass is 9.70. The molecular weight excluding hydrogens is 476 g/mol. The average Bonchev–Trinajstić information content (AvgIpc) is 3.31. The van der Waals surface area contributed by atoms with Crippen molar-refractivity contribution in [2.75, 3.05) is 32.8 Å².